The lowest BCUT2D eigenvalue weighted by atomic mass is 10.0. The highest BCUT2D eigenvalue weighted by molar-refractivity contribution is 7.89. The van der Waals surface area contributed by atoms with Crippen LogP contribution in [0.4, 0.5) is 11.4 Å². The van der Waals surface area contributed by atoms with E-state index in [0.717, 1.165) is 0 Å². The Hall–Kier alpha value is -2.08. The highest BCUT2D eigenvalue weighted by atomic mass is 32.2. The summed E-state index contributed by atoms with van der Waals surface area (Å²) in [5, 5.41) is 10.8. The summed E-state index contributed by atoms with van der Waals surface area (Å²) in [7, 11) is 0. The van der Waals surface area contributed by atoms with Gasteiger partial charge in [-0.2, -0.15) is 0 Å². The zero-order valence-corrected chi connectivity index (χ0v) is 17.1. The van der Waals surface area contributed by atoms with Gasteiger partial charge in [-0.1, -0.05) is 0 Å². The maximum atomic E-state index is 12.8. The van der Waals surface area contributed by atoms with E-state index in [9.17, 15) is 18.7 Å². The third-order valence-electron chi connectivity index (χ3n) is 5.46. The zero-order valence-electron chi connectivity index (χ0n) is 15.4. The molecule has 4 N–H and O–H groups in total. The van der Waals surface area contributed by atoms with Gasteiger partial charge in [-0.05, 0) is 61.4 Å². The van der Waals surface area contributed by atoms with Crippen molar-refractivity contribution in [2.24, 2.45) is 10.3 Å². The van der Waals surface area contributed by atoms with Gasteiger partial charge in [-0.15, -0.1) is 10.3 Å². The molecule has 0 aliphatic carbocycles. The molecular weight excluding hydrogens is 412 g/mol. The van der Waals surface area contributed by atoms with Crippen molar-refractivity contribution < 1.29 is 18.7 Å². The molecule has 0 bridgehead atoms. The fraction of sp³-hybridized carbons (Fsp3) is 0.263. The first-order valence-corrected chi connectivity index (χ1v) is 11.4. The first-order valence-electron chi connectivity index (χ1n) is 9.02. The Kier molecular flexibility index (Phi) is 5.32. The Bertz CT molecular complexity index is 857. The second-order valence-electron chi connectivity index (χ2n) is 7.02. The second kappa shape index (κ2) is 7.63. The number of hydrogen-bond donors (Lipinski definition) is 2. The molecule has 2 aromatic carbocycles. The van der Waals surface area contributed by atoms with Gasteiger partial charge in [0, 0.05) is 24.2 Å². The SMILES string of the molecule is N[S+]([O-])c1ccc(N2C(=O)CCC23CCC(=O)N3c2ccc([S+](N)[O-])cc2)cc1. The summed E-state index contributed by atoms with van der Waals surface area (Å²) in [5.41, 5.74) is 0.447. The number of nitrogens with two attached hydrogens (primary N) is 2. The van der Waals surface area contributed by atoms with Gasteiger partial charge in [0.25, 0.3) is 0 Å². The number of carbonyl (C=O) groups is 2. The van der Waals surface area contributed by atoms with Crippen molar-refractivity contribution in [2.45, 2.75) is 41.1 Å². The number of anilines is 2. The summed E-state index contributed by atoms with van der Waals surface area (Å²) in [6, 6.07) is 13.3. The van der Waals surface area contributed by atoms with Crippen LogP contribution in [0.5, 0.6) is 0 Å². The number of nitrogens with zero attached hydrogens (tertiary/aromatic N) is 2. The minimum Gasteiger partial charge on any atom is -0.593 e. The van der Waals surface area contributed by atoms with Gasteiger partial charge in [0.15, 0.2) is 9.79 Å². The summed E-state index contributed by atoms with van der Waals surface area (Å²) in [5.74, 6) is -0.156. The first kappa shape index (κ1) is 20.2. The van der Waals surface area contributed by atoms with Crippen LogP contribution >= 0.6 is 0 Å². The smallest absolute Gasteiger partial charge is 0.229 e. The van der Waals surface area contributed by atoms with Gasteiger partial charge < -0.3 is 9.11 Å². The predicted octanol–water partition coefficient (Wildman–Crippen LogP) is 1.30. The van der Waals surface area contributed by atoms with E-state index in [2.05, 4.69) is 0 Å². The van der Waals surface area contributed by atoms with Gasteiger partial charge in [0.2, 0.25) is 11.8 Å². The molecule has 0 saturated carbocycles. The van der Waals surface area contributed by atoms with E-state index >= 15 is 0 Å². The van der Waals surface area contributed by atoms with E-state index in [4.69, 9.17) is 10.3 Å². The van der Waals surface area contributed by atoms with Crippen molar-refractivity contribution in [3.8, 4) is 0 Å². The van der Waals surface area contributed by atoms with Crippen molar-refractivity contribution in [3.05, 3.63) is 48.5 Å². The molecule has 0 radical (unpaired) electrons. The number of amides is 2. The first-order chi connectivity index (χ1) is 13.8. The monoisotopic (exact) mass is 432 g/mol. The second-order valence-corrected chi connectivity index (χ2v) is 9.16. The average Bonchev–Trinajstić information content (AvgIpc) is 3.21. The van der Waals surface area contributed by atoms with E-state index in [1.165, 1.54) is 0 Å². The molecule has 1 spiro atoms. The molecule has 0 aromatic heterocycles. The molecular formula is C19H20N4O4S2. The van der Waals surface area contributed by atoms with Gasteiger partial charge in [-0.25, -0.2) is 0 Å². The van der Waals surface area contributed by atoms with E-state index < -0.39 is 28.4 Å². The van der Waals surface area contributed by atoms with Crippen LogP contribution in [0.3, 0.4) is 0 Å². The molecule has 2 atom stereocenters. The van der Waals surface area contributed by atoms with Crippen LogP contribution in [-0.2, 0) is 32.3 Å². The van der Waals surface area contributed by atoms with Gasteiger partial charge in [0.1, 0.15) is 5.66 Å². The van der Waals surface area contributed by atoms with Crippen LogP contribution in [0, 0.1) is 0 Å². The van der Waals surface area contributed by atoms with Crippen LogP contribution in [0.1, 0.15) is 25.7 Å². The molecule has 10 heteroatoms. The highest BCUT2D eigenvalue weighted by Gasteiger charge is 2.56. The number of hydrogen-bond acceptors (Lipinski definition) is 6. The molecule has 152 valence electrons. The van der Waals surface area contributed by atoms with Gasteiger partial charge in [-0.3, -0.25) is 19.4 Å². The number of carbonyl (C=O) groups excluding carboxylic acids is 2. The average molecular weight is 433 g/mol. The number of benzene rings is 2. The molecule has 8 nitrogen and oxygen atoms in total. The third kappa shape index (κ3) is 3.41. The van der Waals surface area contributed by atoms with Crippen LogP contribution < -0.4 is 20.1 Å². The standard InChI is InChI=1S/C19H20N4O4S2/c20-28(26)15-5-1-13(2-6-15)22-17(24)9-11-19(22)12-10-18(25)23(19)14-3-7-16(8-4-14)29(21)27/h1-8H,9-12,20-21H2. The molecule has 4 rings (SSSR count). The molecule has 2 saturated heterocycles. The largest absolute Gasteiger partial charge is 0.593 e. The fourth-order valence-corrected chi connectivity index (χ4v) is 5.01. The lowest BCUT2D eigenvalue weighted by Gasteiger charge is -2.42. The zero-order chi connectivity index (χ0) is 20.8. The summed E-state index contributed by atoms with van der Waals surface area (Å²) < 4.78 is 22.9. The molecule has 2 unspecified atom stereocenters. The Morgan fingerprint density at radius 2 is 1.07 bits per heavy atom. The van der Waals surface area contributed by atoms with E-state index in [-0.39, 0.29) is 11.8 Å². The Balaban J connectivity index is 1.75. The van der Waals surface area contributed by atoms with Crippen LogP contribution in [-0.4, -0.2) is 26.6 Å². The highest BCUT2D eigenvalue weighted by Crippen LogP contribution is 2.47. The Morgan fingerprint density at radius 3 is 1.38 bits per heavy atom. The fourth-order valence-electron chi connectivity index (χ4n) is 4.20. The molecule has 2 fully saturated rings. The maximum absolute atomic E-state index is 12.8. The minimum absolute atomic E-state index is 0.0778. The summed E-state index contributed by atoms with van der Waals surface area (Å²) in [6.07, 6.45) is 1.65. The third-order valence-corrected chi connectivity index (χ3v) is 6.94. The summed E-state index contributed by atoms with van der Waals surface area (Å²) in [4.78, 5) is 29.9. The summed E-state index contributed by atoms with van der Waals surface area (Å²) in [6.45, 7) is 0. The molecule has 2 heterocycles. The van der Waals surface area contributed by atoms with Crippen molar-refractivity contribution in [2.75, 3.05) is 9.80 Å². The van der Waals surface area contributed by atoms with Crippen LogP contribution in [0.25, 0.3) is 0 Å². The van der Waals surface area contributed by atoms with E-state index in [0.29, 0.717) is 46.8 Å². The maximum Gasteiger partial charge on any atom is 0.229 e. The molecule has 2 aromatic rings. The lowest BCUT2D eigenvalue weighted by molar-refractivity contribution is -0.117. The molecule has 2 aliphatic rings. The van der Waals surface area contributed by atoms with Gasteiger partial charge in [0.05, 0.1) is 22.7 Å². The van der Waals surface area contributed by atoms with E-state index in [1.807, 2.05) is 0 Å². The van der Waals surface area contributed by atoms with Crippen molar-refractivity contribution >= 4 is 45.9 Å². The Labute approximate surface area is 174 Å². The molecule has 2 aliphatic heterocycles. The predicted molar refractivity (Wildman–Crippen MR) is 110 cm³/mol. The van der Waals surface area contributed by atoms with E-state index in [1.54, 1.807) is 58.3 Å². The lowest BCUT2D eigenvalue weighted by Crippen LogP contribution is -2.56. The van der Waals surface area contributed by atoms with Crippen LogP contribution in [0.2, 0.25) is 0 Å². The van der Waals surface area contributed by atoms with Crippen molar-refractivity contribution in [1.29, 1.82) is 0 Å². The summed E-state index contributed by atoms with van der Waals surface area (Å²) >= 11 is -3.22. The van der Waals surface area contributed by atoms with Gasteiger partial charge >= 0.3 is 0 Å². The minimum atomic E-state index is -1.61. The quantitative estimate of drug-likeness (QED) is 0.698. The van der Waals surface area contributed by atoms with Crippen molar-refractivity contribution in [1.82, 2.24) is 0 Å². The van der Waals surface area contributed by atoms with Crippen molar-refractivity contribution in [3.63, 3.8) is 0 Å². The normalized spacial score (nSPS) is 23.9. The Morgan fingerprint density at radius 1 is 0.724 bits per heavy atom. The van der Waals surface area contributed by atoms with Crippen LogP contribution in [0.15, 0.2) is 58.3 Å². The molecule has 29 heavy (non-hydrogen) atoms. The number of rotatable bonds is 4. The topological polar surface area (TPSA) is 139 Å². The molecule has 2 amide bonds.